The summed E-state index contributed by atoms with van der Waals surface area (Å²) in [6.07, 6.45) is 0. The van der Waals surface area contributed by atoms with Crippen LogP contribution in [0.3, 0.4) is 0 Å². The van der Waals surface area contributed by atoms with Gasteiger partial charge in [-0.3, -0.25) is 9.59 Å². The summed E-state index contributed by atoms with van der Waals surface area (Å²) >= 11 is 0. The molecule has 0 aromatic heterocycles. The number of likely N-dealkylation sites (N-methyl/N-ethyl adjacent to an activating group) is 1. The van der Waals surface area contributed by atoms with Gasteiger partial charge in [0.05, 0.1) is 0 Å². The Balaban J connectivity index is 1.72. The van der Waals surface area contributed by atoms with E-state index in [4.69, 9.17) is 0 Å². The molecule has 0 unspecified atom stereocenters. The van der Waals surface area contributed by atoms with Crippen LogP contribution in [0.25, 0.3) is 0 Å². The quantitative estimate of drug-likeness (QED) is 0.764. The monoisotopic (exact) mass is 365 g/mol. The molecule has 3 rings (SSSR count). The average molecular weight is 365 g/mol. The second kappa shape index (κ2) is 9.33. The number of rotatable bonds is 5. The molecule has 0 aliphatic carbocycles. The fourth-order valence-electron chi connectivity index (χ4n) is 3.34. The first-order chi connectivity index (χ1) is 13.2. The molecule has 5 nitrogen and oxygen atoms in total. The molecule has 0 atom stereocenters. The molecule has 0 spiro atoms. The molecule has 1 fully saturated rings. The number of carbonyl (C=O) groups excluding carboxylic acids is 2. The molecule has 27 heavy (non-hydrogen) atoms. The van der Waals surface area contributed by atoms with E-state index in [1.165, 1.54) is 0 Å². The minimum absolute atomic E-state index is 0.391. The van der Waals surface area contributed by atoms with Crippen molar-refractivity contribution >= 4 is 11.8 Å². The highest BCUT2D eigenvalue weighted by Crippen LogP contribution is 2.12. The first kappa shape index (κ1) is 19.1. The van der Waals surface area contributed by atoms with E-state index in [1.54, 1.807) is 9.80 Å². The van der Waals surface area contributed by atoms with Gasteiger partial charge in [0.15, 0.2) is 0 Å². The van der Waals surface area contributed by atoms with Crippen molar-refractivity contribution in [3.05, 3.63) is 71.8 Å². The third-order valence-corrected chi connectivity index (χ3v) is 5.01. The van der Waals surface area contributed by atoms with Crippen LogP contribution in [-0.4, -0.2) is 59.2 Å². The standard InChI is InChI=1S/C22H27N3O2/c1-2-23-13-15-24(16-14-23)21(26)22(27)25(17-19-9-5-3-6-10-19)18-20-11-7-4-8-12-20/h3-12H,2,13-18H2,1H3. The maximum Gasteiger partial charge on any atom is 0.312 e. The minimum Gasteiger partial charge on any atom is -0.332 e. The van der Waals surface area contributed by atoms with E-state index in [-0.39, 0.29) is 0 Å². The van der Waals surface area contributed by atoms with E-state index < -0.39 is 11.8 Å². The Labute approximate surface area is 161 Å². The van der Waals surface area contributed by atoms with Gasteiger partial charge in [-0.05, 0) is 17.7 Å². The van der Waals surface area contributed by atoms with Gasteiger partial charge >= 0.3 is 11.8 Å². The Morgan fingerprint density at radius 3 is 1.74 bits per heavy atom. The molecule has 5 heteroatoms. The van der Waals surface area contributed by atoms with E-state index >= 15 is 0 Å². The molecular formula is C22H27N3O2. The second-order valence-electron chi connectivity index (χ2n) is 6.86. The van der Waals surface area contributed by atoms with E-state index in [1.807, 2.05) is 60.7 Å². The third-order valence-electron chi connectivity index (χ3n) is 5.01. The minimum atomic E-state index is -0.423. The molecule has 0 saturated carbocycles. The van der Waals surface area contributed by atoms with Crippen LogP contribution >= 0.6 is 0 Å². The lowest BCUT2D eigenvalue weighted by Gasteiger charge is -2.34. The van der Waals surface area contributed by atoms with Gasteiger partial charge in [0.1, 0.15) is 0 Å². The summed E-state index contributed by atoms with van der Waals surface area (Å²) in [4.78, 5) is 31.5. The molecule has 1 aliphatic heterocycles. The summed E-state index contributed by atoms with van der Waals surface area (Å²) in [5.74, 6) is -0.815. The number of nitrogens with zero attached hydrogens (tertiary/aromatic N) is 3. The van der Waals surface area contributed by atoms with Crippen LogP contribution in [-0.2, 0) is 22.7 Å². The highest BCUT2D eigenvalue weighted by molar-refractivity contribution is 6.34. The zero-order valence-electron chi connectivity index (χ0n) is 15.9. The maximum atomic E-state index is 13.0. The summed E-state index contributed by atoms with van der Waals surface area (Å²) < 4.78 is 0. The molecule has 2 amide bonds. The third kappa shape index (κ3) is 5.17. The topological polar surface area (TPSA) is 43.9 Å². The van der Waals surface area contributed by atoms with Gasteiger partial charge in [0.25, 0.3) is 0 Å². The first-order valence-corrected chi connectivity index (χ1v) is 9.55. The Morgan fingerprint density at radius 2 is 1.30 bits per heavy atom. The molecule has 0 bridgehead atoms. The fourth-order valence-corrected chi connectivity index (χ4v) is 3.34. The molecule has 2 aromatic carbocycles. The van der Waals surface area contributed by atoms with E-state index in [9.17, 15) is 9.59 Å². The summed E-state index contributed by atoms with van der Waals surface area (Å²) in [5, 5.41) is 0. The van der Waals surface area contributed by atoms with Crippen molar-refractivity contribution in [2.24, 2.45) is 0 Å². The van der Waals surface area contributed by atoms with Gasteiger partial charge in [0.2, 0.25) is 0 Å². The van der Waals surface area contributed by atoms with Crippen molar-refractivity contribution < 1.29 is 9.59 Å². The lowest BCUT2D eigenvalue weighted by Crippen LogP contribution is -2.53. The number of piperazine rings is 1. The zero-order chi connectivity index (χ0) is 19.1. The molecule has 2 aromatic rings. The zero-order valence-corrected chi connectivity index (χ0v) is 15.9. The fraction of sp³-hybridized carbons (Fsp3) is 0.364. The lowest BCUT2D eigenvalue weighted by atomic mass is 10.1. The molecular weight excluding hydrogens is 338 g/mol. The molecule has 1 heterocycles. The van der Waals surface area contributed by atoms with Crippen LogP contribution in [0.4, 0.5) is 0 Å². The molecule has 142 valence electrons. The number of hydrogen-bond acceptors (Lipinski definition) is 3. The largest absolute Gasteiger partial charge is 0.332 e. The van der Waals surface area contributed by atoms with Gasteiger partial charge in [-0.15, -0.1) is 0 Å². The van der Waals surface area contributed by atoms with Crippen molar-refractivity contribution in [1.29, 1.82) is 0 Å². The Morgan fingerprint density at radius 1 is 0.815 bits per heavy atom. The summed E-state index contributed by atoms with van der Waals surface area (Å²) in [6, 6.07) is 19.6. The van der Waals surface area contributed by atoms with Gasteiger partial charge in [-0.1, -0.05) is 67.6 Å². The summed E-state index contributed by atoms with van der Waals surface area (Å²) in [7, 11) is 0. The van der Waals surface area contributed by atoms with Crippen LogP contribution < -0.4 is 0 Å². The van der Waals surface area contributed by atoms with Crippen LogP contribution in [0, 0.1) is 0 Å². The van der Waals surface area contributed by atoms with E-state index in [0.717, 1.165) is 30.8 Å². The van der Waals surface area contributed by atoms with Crippen LogP contribution in [0.2, 0.25) is 0 Å². The van der Waals surface area contributed by atoms with Gasteiger partial charge in [0, 0.05) is 39.3 Å². The average Bonchev–Trinajstić information content (AvgIpc) is 2.74. The Kier molecular flexibility index (Phi) is 6.60. The maximum absolute atomic E-state index is 13.0. The van der Waals surface area contributed by atoms with Gasteiger partial charge < -0.3 is 14.7 Å². The smallest absolute Gasteiger partial charge is 0.312 e. The Hall–Kier alpha value is -2.66. The highest BCUT2D eigenvalue weighted by Gasteiger charge is 2.29. The lowest BCUT2D eigenvalue weighted by molar-refractivity contribution is -0.153. The number of amides is 2. The Bertz CT molecular complexity index is 699. The molecule has 1 aliphatic rings. The number of hydrogen-bond donors (Lipinski definition) is 0. The van der Waals surface area contributed by atoms with Crippen molar-refractivity contribution in [2.75, 3.05) is 32.7 Å². The van der Waals surface area contributed by atoms with Crippen LogP contribution in [0.15, 0.2) is 60.7 Å². The number of benzene rings is 2. The first-order valence-electron chi connectivity index (χ1n) is 9.55. The molecule has 0 N–H and O–H groups in total. The van der Waals surface area contributed by atoms with E-state index in [0.29, 0.717) is 26.2 Å². The van der Waals surface area contributed by atoms with E-state index in [2.05, 4.69) is 11.8 Å². The predicted molar refractivity (Wildman–Crippen MR) is 106 cm³/mol. The summed E-state index contributed by atoms with van der Waals surface area (Å²) in [6.45, 7) is 6.82. The van der Waals surface area contributed by atoms with Gasteiger partial charge in [-0.25, -0.2) is 0 Å². The summed E-state index contributed by atoms with van der Waals surface area (Å²) in [5.41, 5.74) is 2.04. The SMILES string of the molecule is CCN1CCN(C(=O)C(=O)N(Cc2ccccc2)Cc2ccccc2)CC1. The van der Waals surface area contributed by atoms with Crippen LogP contribution in [0.1, 0.15) is 18.1 Å². The van der Waals surface area contributed by atoms with Gasteiger partial charge in [-0.2, -0.15) is 0 Å². The second-order valence-corrected chi connectivity index (χ2v) is 6.86. The van der Waals surface area contributed by atoms with Crippen LogP contribution in [0.5, 0.6) is 0 Å². The number of carbonyl (C=O) groups is 2. The highest BCUT2D eigenvalue weighted by atomic mass is 16.2. The van der Waals surface area contributed by atoms with Crippen molar-refractivity contribution in [3.8, 4) is 0 Å². The van der Waals surface area contributed by atoms with Crippen molar-refractivity contribution in [2.45, 2.75) is 20.0 Å². The van der Waals surface area contributed by atoms with Crippen molar-refractivity contribution in [3.63, 3.8) is 0 Å². The van der Waals surface area contributed by atoms with Crippen molar-refractivity contribution in [1.82, 2.24) is 14.7 Å². The predicted octanol–water partition coefficient (Wildman–Crippen LogP) is 2.38. The normalized spacial score (nSPS) is 14.8. The molecule has 0 radical (unpaired) electrons. The molecule has 1 saturated heterocycles.